The number of pyridine rings is 1. The summed E-state index contributed by atoms with van der Waals surface area (Å²) in [5.74, 6) is 0. The molecule has 0 saturated carbocycles. The fourth-order valence-corrected chi connectivity index (χ4v) is 3.56. The lowest BCUT2D eigenvalue weighted by molar-refractivity contribution is 1.37. The van der Waals surface area contributed by atoms with Crippen LogP contribution in [0.1, 0.15) is 10.6 Å². The molecule has 0 spiro atoms. The van der Waals surface area contributed by atoms with E-state index in [0.29, 0.717) is 15.6 Å². The fourth-order valence-electron chi connectivity index (χ4n) is 2.64. The predicted molar refractivity (Wildman–Crippen MR) is 108 cm³/mol. The Morgan fingerprint density at radius 2 is 1.96 bits per heavy atom. The van der Waals surface area contributed by atoms with Gasteiger partial charge < -0.3 is 0 Å². The van der Waals surface area contributed by atoms with Crippen LogP contribution in [0, 0.1) is 11.3 Å². The highest BCUT2D eigenvalue weighted by atomic mass is 35.5. The van der Waals surface area contributed by atoms with Crippen LogP contribution in [0.5, 0.6) is 0 Å². The molecule has 124 valence electrons. The van der Waals surface area contributed by atoms with Gasteiger partial charge in [0.1, 0.15) is 11.1 Å². The van der Waals surface area contributed by atoms with Crippen LogP contribution in [0.25, 0.3) is 33.8 Å². The number of thiazole rings is 1. The number of rotatable bonds is 3. The second kappa shape index (κ2) is 7.09. The van der Waals surface area contributed by atoms with Crippen LogP contribution in [0.3, 0.4) is 0 Å². The number of aromatic nitrogens is 2. The minimum atomic E-state index is 0.540. The topological polar surface area (TPSA) is 49.6 Å². The zero-order valence-corrected chi connectivity index (χ0v) is 15.1. The van der Waals surface area contributed by atoms with Crippen LogP contribution < -0.4 is 0 Å². The van der Waals surface area contributed by atoms with Crippen molar-refractivity contribution >= 4 is 45.5 Å². The van der Waals surface area contributed by atoms with E-state index in [1.165, 1.54) is 11.3 Å². The Bertz CT molecular complexity index is 1150. The van der Waals surface area contributed by atoms with Crippen molar-refractivity contribution in [3.8, 4) is 17.3 Å². The molecule has 0 bridgehead atoms. The summed E-state index contributed by atoms with van der Waals surface area (Å²) in [6.45, 7) is 0. The molecular formula is C21H12ClN3S. The van der Waals surface area contributed by atoms with Gasteiger partial charge in [-0.05, 0) is 42.0 Å². The van der Waals surface area contributed by atoms with Gasteiger partial charge in [0.2, 0.25) is 0 Å². The first-order valence-electron chi connectivity index (χ1n) is 7.91. The minimum Gasteiger partial charge on any atom is -0.256 e. The van der Waals surface area contributed by atoms with Crippen molar-refractivity contribution in [1.29, 1.82) is 5.26 Å². The number of nitriles is 1. The number of hydrogen-bond acceptors (Lipinski definition) is 4. The molecule has 0 unspecified atom stereocenters. The van der Waals surface area contributed by atoms with Gasteiger partial charge in [0, 0.05) is 27.5 Å². The molecule has 2 aromatic carbocycles. The lowest BCUT2D eigenvalue weighted by Crippen LogP contribution is -1.84. The summed E-state index contributed by atoms with van der Waals surface area (Å²) in [4.78, 5) is 8.93. The molecule has 0 amide bonds. The summed E-state index contributed by atoms with van der Waals surface area (Å²) >= 11 is 7.39. The maximum Gasteiger partial charge on any atom is 0.134 e. The average Bonchev–Trinajstić information content (AvgIpc) is 3.16. The number of halogens is 1. The monoisotopic (exact) mass is 373 g/mol. The maximum atomic E-state index is 9.59. The molecule has 3 nitrogen and oxygen atoms in total. The fraction of sp³-hybridized carbons (Fsp3) is 0. The number of nitrogens with zero attached hydrogens (tertiary/aromatic N) is 3. The molecule has 0 aliphatic heterocycles. The molecule has 0 atom stereocenters. The van der Waals surface area contributed by atoms with Gasteiger partial charge in [0.05, 0.1) is 16.8 Å². The Balaban J connectivity index is 1.69. The largest absolute Gasteiger partial charge is 0.256 e. The summed E-state index contributed by atoms with van der Waals surface area (Å²) in [7, 11) is 0. The Hall–Kier alpha value is -3.00. The van der Waals surface area contributed by atoms with E-state index in [9.17, 15) is 5.26 Å². The molecule has 0 radical (unpaired) electrons. The summed E-state index contributed by atoms with van der Waals surface area (Å²) in [6.07, 6.45) is 3.63. The van der Waals surface area contributed by atoms with Gasteiger partial charge in [-0.2, -0.15) is 5.26 Å². The lowest BCUT2D eigenvalue weighted by Gasteiger charge is -2.00. The lowest BCUT2D eigenvalue weighted by atomic mass is 10.1. The van der Waals surface area contributed by atoms with Gasteiger partial charge in [0.15, 0.2) is 0 Å². The first-order chi connectivity index (χ1) is 12.7. The molecule has 4 rings (SSSR count). The van der Waals surface area contributed by atoms with Gasteiger partial charge in [-0.25, -0.2) is 4.98 Å². The van der Waals surface area contributed by atoms with Crippen LogP contribution in [0.15, 0.2) is 66.2 Å². The highest BCUT2D eigenvalue weighted by Crippen LogP contribution is 2.28. The molecule has 0 aliphatic carbocycles. The Morgan fingerprint density at radius 3 is 2.77 bits per heavy atom. The van der Waals surface area contributed by atoms with Crippen LogP contribution >= 0.6 is 22.9 Å². The number of fused-ring (bicyclic) bond motifs is 1. The SMILES string of the molecule is N#C/C(=C/c1ccc2ncccc2c1)c1nc(-c2ccc(Cl)cc2)cs1. The molecule has 2 heterocycles. The molecular weight excluding hydrogens is 362 g/mol. The van der Waals surface area contributed by atoms with Gasteiger partial charge >= 0.3 is 0 Å². The normalized spacial score (nSPS) is 11.5. The number of allylic oxidation sites excluding steroid dienone is 1. The van der Waals surface area contributed by atoms with E-state index in [1.807, 2.05) is 66.1 Å². The highest BCUT2D eigenvalue weighted by Gasteiger charge is 2.09. The second-order valence-corrected chi connectivity index (χ2v) is 6.96. The van der Waals surface area contributed by atoms with Crippen molar-refractivity contribution in [3.05, 3.63) is 81.8 Å². The molecule has 0 fully saturated rings. The van der Waals surface area contributed by atoms with E-state index in [1.54, 1.807) is 6.20 Å². The van der Waals surface area contributed by atoms with Gasteiger partial charge in [-0.15, -0.1) is 11.3 Å². The van der Waals surface area contributed by atoms with Crippen molar-refractivity contribution in [1.82, 2.24) is 9.97 Å². The molecule has 5 heteroatoms. The standard InChI is InChI=1S/C21H12ClN3S/c22-18-6-4-15(5-7-18)20-13-26-21(25-20)17(12-23)11-14-3-8-19-16(10-14)2-1-9-24-19/h1-11,13H/b17-11-. The summed E-state index contributed by atoms with van der Waals surface area (Å²) in [5.41, 5.74) is 4.24. The first kappa shape index (κ1) is 16.5. The Labute approximate surface area is 159 Å². The van der Waals surface area contributed by atoms with Crippen LogP contribution in [0.2, 0.25) is 5.02 Å². The zero-order valence-electron chi connectivity index (χ0n) is 13.6. The third-order valence-electron chi connectivity index (χ3n) is 3.93. The Morgan fingerprint density at radius 1 is 1.12 bits per heavy atom. The number of hydrogen-bond donors (Lipinski definition) is 0. The van der Waals surface area contributed by atoms with Crippen molar-refractivity contribution in [2.24, 2.45) is 0 Å². The van der Waals surface area contributed by atoms with Gasteiger partial charge in [0.25, 0.3) is 0 Å². The van der Waals surface area contributed by atoms with Crippen molar-refractivity contribution in [3.63, 3.8) is 0 Å². The molecule has 0 saturated heterocycles. The van der Waals surface area contributed by atoms with Crippen LogP contribution in [-0.4, -0.2) is 9.97 Å². The van der Waals surface area contributed by atoms with Crippen LogP contribution in [0.4, 0.5) is 0 Å². The predicted octanol–water partition coefficient (Wildman–Crippen LogP) is 6.08. The van der Waals surface area contributed by atoms with Crippen LogP contribution in [-0.2, 0) is 0 Å². The molecule has 26 heavy (non-hydrogen) atoms. The summed E-state index contributed by atoms with van der Waals surface area (Å²) < 4.78 is 0. The number of benzene rings is 2. The van der Waals surface area contributed by atoms with E-state index in [-0.39, 0.29) is 0 Å². The molecule has 2 aromatic heterocycles. The van der Waals surface area contributed by atoms with Gasteiger partial charge in [-0.1, -0.05) is 35.9 Å². The Kier molecular flexibility index (Phi) is 4.49. The minimum absolute atomic E-state index is 0.540. The zero-order chi connectivity index (χ0) is 17.9. The maximum absolute atomic E-state index is 9.59. The first-order valence-corrected chi connectivity index (χ1v) is 9.17. The smallest absolute Gasteiger partial charge is 0.134 e. The van der Waals surface area contributed by atoms with E-state index in [0.717, 1.165) is 27.7 Å². The third-order valence-corrected chi connectivity index (χ3v) is 5.06. The summed E-state index contributed by atoms with van der Waals surface area (Å²) in [5, 5.41) is 14.0. The quantitative estimate of drug-likeness (QED) is 0.409. The second-order valence-electron chi connectivity index (χ2n) is 5.67. The van der Waals surface area contributed by atoms with E-state index in [4.69, 9.17) is 11.6 Å². The third kappa shape index (κ3) is 3.36. The van der Waals surface area contributed by atoms with E-state index in [2.05, 4.69) is 16.0 Å². The van der Waals surface area contributed by atoms with E-state index < -0.39 is 0 Å². The average molecular weight is 374 g/mol. The summed E-state index contributed by atoms with van der Waals surface area (Å²) in [6, 6.07) is 19.6. The molecule has 4 aromatic rings. The van der Waals surface area contributed by atoms with Crippen molar-refractivity contribution in [2.75, 3.05) is 0 Å². The van der Waals surface area contributed by atoms with Gasteiger partial charge in [-0.3, -0.25) is 4.98 Å². The van der Waals surface area contributed by atoms with Crippen molar-refractivity contribution < 1.29 is 0 Å². The molecule has 0 N–H and O–H groups in total. The molecule has 0 aliphatic rings. The highest BCUT2D eigenvalue weighted by molar-refractivity contribution is 7.11. The van der Waals surface area contributed by atoms with E-state index >= 15 is 0 Å². The van der Waals surface area contributed by atoms with Crippen molar-refractivity contribution in [2.45, 2.75) is 0 Å².